The first kappa shape index (κ1) is 14.1. The lowest BCUT2D eigenvalue weighted by Gasteiger charge is -2.15. The number of aromatic nitrogens is 1. The highest BCUT2D eigenvalue weighted by molar-refractivity contribution is 5.96. The number of rotatable bonds is 0. The van der Waals surface area contributed by atoms with Crippen LogP contribution in [0, 0.1) is 13.8 Å². The van der Waals surface area contributed by atoms with Crippen LogP contribution in [0.15, 0.2) is 12.1 Å². The molecule has 0 fully saturated rings. The highest BCUT2D eigenvalue weighted by atomic mass is 35.5. The Morgan fingerprint density at radius 2 is 1.68 bits per heavy atom. The van der Waals surface area contributed by atoms with Gasteiger partial charge >= 0.3 is 0 Å². The number of nitrogens with two attached hydrogens (primary N) is 1. The Morgan fingerprint density at radius 3 is 2.47 bits per heavy atom. The van der Waals surface area contributed by atoms with Gasteiger partial charge in [-0.25, -0.2) is 0 Å². The lowest BCUT2D eigenvalue weighted by atomic mass is 9.97. The van der Waals surface area contributed by atoms with Gasteiger partial charge in [-0.2, -0.15) is 0 Å². The Kier molecular flexibility index (Phi) is 4.00. The third kappa shape index (κ3) is 2.30. The number of pyridine rings is 1. The van der Waals surface area contributed by atoms with Crippen molar-refractivity contribution in [2.45, 2.75) is 46.0 Å². The van der Waals surface area contributed by atoms with Gasteiger partial charge in [-0.15, -0.1) is 12.4 Å². The Bertz CT molecular complexity index is 620. The summed E-state index contributed by atoms with van der Waals surface area (Å²) < 4.78 is 0. The van der Waals surface area contributed by atoms with Crippen LogP contribution in [0.3, 0.4) is 0 Å². The zero-order valence-corrected chi connectivity index (χ0v) is 12.4. The van der Waals surface area contributed by atoms with Gasteiger partial charge in [0, 0.05) is 16.8 Å². The summed E-state index contributed by atoms with van der Waals surface area (Å²) in [5.74, 6) is 0. The summed E-state index contributed by atoms with van der Waals surface area (Å²) >= 11 is 0. The van der Waals surface area contributed by atoms with Crippen LogP contribution < -0.4 is 5.73 Å². The summed E-state index contributed by atoms with van der Waals surface area (Å²) in [6, 6.07) is 4.30. The van der Waals surface area contributed by atoms with Crippen molar-refractivity contribution in [1.82, 2.24) is 4.98 Å². The Balaban J connectivity index is 0.00000133. The van der Waals surface area contributed by atoms with Gasteiger partial charge < -0.3 is 5.73 Å². The molecule has 1 aliphatic carbocycles. The first-order valence-corrected chi connectivity index (χ1v) is 6.85. The number of halogens is 1. The van der Waals surface area contributed by atoms with E-state index in [9.17, 15) is 0 Å². The molecule has 1 aromatic heterocycles. The van der Waals surface area contributed by atoms with Gasteiger partial charge in [0.05, 0.1) is 5.52 Å². The van der Waals surface area contributed by atoms with E-state index in [1.165, 1.54) is 47.0 Å². The minimum atomic E-state index is 0. The van der Waals surface area contributed by atoms with E-state index in [-0.39, 0.29) is 12.4 Å². The van der Waals surface area contributed by atoms with E-state index in [4.69, 9.17) is 10.7 Å². The van der Waals surface area contributed by atoms with Crippen molar-refractivity contribution in [1.29, 1.82) is 0 Å². The molecule has 1 heterocycles. The molecule has 2 aromatic rings. The second-order valence-electron chi connectivity index (χ2n) is 5.43. The molecule has 3 heteroatoms. The van der Waals surface area contributed by atoms with E-state index in [1.807, 2.05) is 0 Å². The van der Waals surface area contributed by atoms with Crippen molar-refractivity contribution in [3.05, 3.63) is 34.5 Å². The van der Waals surface area contributed by atoms with E-state index in [1.54, 1.807) is 0 Å². The molecule has 0 bridgehead atoms. The van der Waals surface area contributed by atoms with E-state index in [0.29, 0.717) is 0 Å². The van der Waals surface area contributed by atoms with Crippen LogP contribution in [-0.2, 0) is 12.8 Å². The molecule has 1 aliphatic rings. The number of fused-ring (bicyclic) bond motifs is 2. The van der Waals surface area contributed by atoms with Crippen LogP contribution in [0.2, 0.25) is 0 Å². The molecule has 0 atom stereocenters. The summed E-state index contributed by atoms with van der Waals surface area (Å²) in [4.78, 5) is 4.92. The molecule has 0 spiro atoms. The van der Waals surface area contributed by atoms with E-state index in [0.717, 1.165) is 24.0 Å². The lowest BCUT2D eigenvalue weighted by molar-refractivity contribution is 0.709. The van der Waals surface area contributed by atoms with Crippen molar-refractivity contribution in [2.24, 2.45) is 0 Å². The maximum Gasteiger partial charge on any atom is 0.0758 e. The Hall–Kier alpha value is -1.28. The highest BCUT2D eigenvalue weighted by Gasteiger charge is 2.17. The molecule has 102 valence electrons. The first-order valence-electron chi connectivity index (χ1n) is 6.85. The van der Waals surface area contributed by atoms with Gasteiger partial charge in [0.2, 0.25) is 0 Å². The number of benzene rings is 1. The number of hydrogen-bond acceptors (Lipinski definition) is 2. The third-order valence-electron chi connectivity index (χ3n) is 4.12. The maximum atomic E-state index is 6.44. The van der Waals surface area contributed by atoms with Crippen LogP contribution in [0.25, 0.3) is 10.9 Å². The molecule has 0 saturated heterocycles. The molecule has 0 unspecified atom stereocenters. The smallest absolute Gasteiger partial charge is 0.0758 e. The van der Waals surface area contributed by atoms with Crippen LogP contribution >= 0.6 is 12.4 Å². The van der Waals surface area contributed by atoms with Crippen molar-refractivity contribution in [3.63, 3.8) is 0 Å². The zero-order valence-electron chi connectivity index (χ0n) is 11.6. The van der Waals surface area contributed by atoms with Gasteiger partial charge in [0.1, 0.15) is 0 Å². The van der Waals surface area contributed by atoms with Gasteiger partial charge in [-0.1, -0.05) is 18.6 Å². The summed E-state index contributed by atoms with van der Waals surface area (Å²) in [5.41, 5.74) is 13.6. The van der Waals surface area contributed by atoms with Crippen molar-refractivity contribution in [2.75, 3.05) is 5.73 Å². The van der Waals surface area contributed by atoms with E-state index in [2.05, 4.69) is 26.0 Å². The highest BCUT2D eigenvalue weighted by Crippen LogP contribution is 2.33. The number of hydrogen-bond donors (Lipinski definition) is 1. The maximum absolute atomic E-state index is 6.44. The Labute approximate surface area is 120 Å². The fourth-order valence-electron chi connectivity index (χ4n) is 3.05. The topological polar surface area (TPSA) is 38.9 Å². The lowest BCUT2D eigenvalue weighted by Crippen LogP contribution is -2.04. The van der Waals surface area contributed by atoms with Crippen LogP contribution in [0.5, 0.6) is 0 Å². The molecule has 3 rings (SSSR count). The first-order chi connectivity index (χ1) is 8.68. The normalized spacial score (nSPS) is 14.6. The average Bonchev–Trinajstić information content (AvgIpc) is 2.59. The predicted octanol–water partition coefficient (Wildman–Crippen LogP) is 4.12. The minimum absolute atomic E-state index is 0. The van der Waals surface area contributed by atoms with Crippen molar-refractivity contribution < 1.29 is 0 Å². The largest absolute Gasteiger partial charge is 0.398 e. The zero-order chi connectivity index (χ0) is 12.7. The quantitative estimate of drug-likeness (QED) is 0.735. The van der Waals surface area contributed by atoms with Crippen LogP contribution in [0.4, 0.5) is 5.69 Å². The van der Waals surface area contributed by atoms with Gasteiger partial charge in [-0.3, -0.25) is 4.98 Å². The van der Waals surface area contributed by atoms with E-state index >= 15 is 0 Å². The third-order valence-corrected chi connectivity index (χ3v) is 4.12. The SMILES string of the molecule is Cc1ccc(C)c2c(N)c3c(nc12)CCCCC3.Cl. The van der Waals surface area contributed by atoms with Gasteiger partial charge in [0.15, 0.2) is 0 Å². The van der Waals surface area contributed by atoms with Gasteiger partial charge in [-0.05, 0) is 56.2 Å². The molecule has 0 amide bonds. The predicted molar refractivity (Wildman–Crippen MR) is 84.1 cm³/mol. The molecule has 1 aromatic carbocycles. The number of anilines is 1. The summed E-state index contributed by atoms with van der Waals surface area (Å²) in [7, 11) is 0. The summed E-state index contributed by atoms with van der Waals surface area (Å²) in [5, 5.41) is 1.18. The fraction of sp³-hybridized carbons (Fsp3) is 0.438. The standard InChI is InChI=1S/C16H20N2.ClH/c1-10-8-9-11(2)16-14(10)15(17)12-6-4-3-5-7-13(12)18-16;/h8-9H,3-7H2,1-2H3,(H2,17,18);1H. The summed E-state index contributed by atoms with van der Waals surface area (Å²) in [6.45, 7) is 4.25. The molecular weight excluding hydrogens is 256 g/mol. The molecule has 2 N–H and O–H groups in total. The van der Waals surface area contributed by atoms with Gasteiger partial charge in [0.25, 0.3) is 0 Å². The molecule has 19 heavy (non-hydrogen) atoms. The number of nitrogen functional groups attached to an aromatic ring is 1. The summed E-state index contributed by atoms with van der Waals surface area (Å²) in [6.07, 6.45) is 5.97. The monoisotopic (exact) mass is 276 g/mol. The minimum Gasteiger partial charge on any atom is -0.398 e. The van der Waals surface area contributed by atoms with Crippen LogP contribution in [-0.4, -0.2) is 4.98 Å². The molecule has 2 nitrogen and oxygen atoms in total. The molecule has 0 aliphatic heterocycles. The second kappa shape index (κ2) is 5.38. The second-order valence-corrected chi connectivity index (χ2v) is 5.43. The van der Waals surface area contributed by atoms with E-state index < -0.39 is 0 Å². The average molecular weight is 277 g/mol. The number of aryl methyl sites for hydroxylation is 3. The Morgan fingerprint density at radius 1 is 1.00 bits per heavy atom. The fourth-order valence-corrected chi connectivity index (χ4v) is 3.05. The number of nitrogens with zero attached hydrogens (tertiary/aromatic N) is 1. The molecule has 0 radical (unpaired) electrons. The van der Waals surface area contributed by atoms with Crippen molar-refractivity contribution >= 4 is 29.0 Å². The van der Waals surface area contributed by atoms with Crippen molar-refractivity contribution in [3.8, 4) is 0 Å². The molecule has 0 saturated carbocycles. The molecular formula is C16H21ClN2. The van der Waals surface area contributed by atoms with Crippen LogP contribution in [0.1, 0.15) is 41.6 Å².